The van der Waals surface area contributed by atoms with Crippen molar-refractivity contribution in [2.75, 3.05) is 0 Å². The van der Waals surface area contributed by atoms with Crippen molar-refractivity contribution in [1.82, 2.24) is 5.43 Å². The number of nitrogens with zero attached hydrogens (tertiary/aromatic N) is 1. The highest BCUT2D eigenvalue weighted by atomic mass is 35.5. The molecule has 0 bridgehead atoms. The number of halogens is 4. The number of phenolic OH excluding ortho intramolecular Hbond substituents is 1. The molecule has 2 rings (SSSR count). The molecule has 0 aliphatic heterocycles. The zero-order valence-electron chi connectivity index (χ0n) is 11.4. The van der Waals surface area contributed by atoms with Crippen molar-refractivity contribution < 1.29 is 23.1 Å². The molecule has 120 valence electrons. The molecule has 0 aliphatic rings. The first-order valence-corrected chi connectivity index (χ1v) is 6.65. The molecule has 0 fully saturated rings. The third-order valence-corrected chi connectivity index (χ3v) is 3.03. The van der Waals surface area contributed by atoms with Gasteiger partial charge in [0.1, 0.15) is 5.75 Å². The van der Waals surface area contributed by atoms with Crippen LogP contribution in [0.15, 0.2) is 47.6 Å². The summed E-state index contributed by atoms with van der Waals surface area (Å²) >= 11 is 5.61. The Bertz CT molecular complexity index is 746. The van der Waals surface area contributed by atoms with Crippen LogP contribution >= 0.6 is 11.6 Å². The number of hydrogen-bond acceptors (Lipinski definition) is 3. The zero-order chi connectivity index (χ0) is 17.0. The normalized spacial score (nSPS) is 11.7. The first-order chi connectivity index (χ1) is 10.8. The van der Waals surface area contributed by atoms with Crippen LogP contribution in [0.4, 0.5) is 13.2 Å². The quantitative estimate of drug-likeness (QED) is 0.658. The number of alkyl halides is 3. The van der Waals surface area contributed by atoms with E-state index < -0.39 is 23.4 Å². The summed E-state index contributed by atoms with van der Waals surface area (Å²) in [4.78, 5) is 11.7. The molecule has 0 spiro atoms. The van der Waals surface area contributed by atoms with Crippen molar-refractivity contribution in [1.29, 1.82) is 0 Å². The molecule has 0 aromatic heterocycles. The number of benzene rings is 2. The van der Waals surface area contributed by atoms with E-state index in [9.17, 15) is 23.1 Å². The fourth-order valence-corrected chi connectivity index (χ4v) is 1.98. The van der Waals surface area contributed by atoms with Crippen molar-refractivity contribution >= 4 is 23.7 Å². The molecule has 2 aromatic carbocycles. The number of phenols is 1. The van der Waals surface area contributed by atoms with E-state index >= 15 is 0 Å². The summed E-state index contributed by atoms with van der Waals surface area (Å²) < 4.78 is 38.2. The maximum absolute atomic E-state index is 12.7. The monoisotopic (exact) mass is 342 g/mol. The molecule has 1 amide bonds. The fourth-order valence-electron chi connectivity index (χ4n) is 1.75. The lowest BCUT2D eigenvalue weighted by molar-refractivity contribution is -0.138. The Morgan fingerprint density at radius 2 is 1.87 bits per heavy atom. The third kappa shape index (κ3) is 4.23. The average molecular weight is 343 g/mol. The smallest absolute Gasteiger partial charge is 0.420 e. The Hall–Kier alpha value is -2.54. The number of nitrogens with one attached hydrogen (secondary N) is 1. The SMILES string of the molecule is O=C(NN=Cc1cc(Cl)cc(C(F)(F)F)c1O)c1ccccc1. The minimum atomic E-state index is -4.76. The third-order valence-electron chi connectivity index (χ3n) is 2.82. The number of aromatic hydroxyl groups is 1. The van der Waals surface area contributed by atoms with Gasteiger partial charge in [0.15, 0.2) is 0 Å². The molecule has 0 saturated heterocycles. The molecule has 0 saturated carbocycles. The van der Waals surface area contributed by atoms with Crippen LogP contribution in [0, 0.1) is 0 Å². The number of carbonyl (C=O) groups is 1. The van der Waals surface area contributed by atoms with Gasteiger partial charge in [-0.15, -0.1) is 0 Å². The second kappa shape index (κ2) is 6.70. The van der Waals surface area contributed by atoms with Gasteiger partial charge in [-0.3, -0.25) is 4.79 Å². The van der Waals surface area contributed by atoms with Crippen molar-refractivity contribution in [3.05, 3.63) is 64.2 Å². The lowest BCUT2D eigenvalue weighted by atomic mass is 10.1. The summed E-state index contributed by atoms with van der Waals surface area (Å²) in [5.74, 6) is -1.56. The molecule has 0 aliphatic carbocycles. The van der Waals surface area contributed by atoms with Crippen LogP contribution in [0.3, 0.4) is 0 Å². The van der Waals surface area contributed by atoms with Crippen LogP contribution in [0.5, 0.6) is 5.75 Å². The van der Waals surface area contributed by atoms with E-state index in [4.69, 9.17) is 11.6 Å². The van der Waals surface area contributed by atoms with E-state index in [1.165, 1.54) is 0 Å². The topological polar surface area (TPSA) is 61.7 Å². The molecule has 2 N–H and O–H groups in total. The van der Waals surface area contributed by atoms with Gasteiger partial charge in [0.25, 0.3) is 5.91 Å². The number of hydrogen-bond donors (Lipinski definition) is 2. The van der Waals surface area contributed by atoms with Gasteiger partial charge in [-0.05, 0) is 24.3 Å². The van der Waals surface area contributed by atoms with E-state index in [1.807, 2.05) is 0 Å². The second-order valence-corrected chi connectivity index (χ2v) is 4.89. The first-order valence-electron chi connectivity index (χ1n) is 6.27. The van der Waals surface area contributed by atoms with Crippen LogP contribution in [-0.4, -0.2) is 17.2 Å². The molecule has 0 atom stereocenters. The largest absolute Gasteiger partial charge is 0.507 e. The Balaban J connectivity index is 2.20. The van der Waals surface area contributed by atoms with Gasteiger partial charge in [-0.25, -0.2) is 5.43 Å². The van der Waals surface area contributed by atoms with E-state index in [0.29, 0.717) is 11.6 Å². The number of carbonyl (C=O) groups excluding carboxylic acids is 1. The van der Waals surface area contributed by atoms with Crippen LogP contribution in [0.2, 0.25) is 5.02 Å². The molecule has 4 nitrogen and oxygen atoms in total. The lowest BCUT2D eigenvalue weighted by Crippen LogP contribution is -2.17. The van der Waals surface area contributed by atoms with Gasteiger partial charge in [-0.1, -0.05) is 29.8 Å². The minimum Gasteiger partial charge on any atom is -0.507 e. The molecule has 0 radical (unpaired) electrons. The number of amides is 1. The first kappa shape index (κ1) is 16.8. The standard InChI is InChI=1S/C15H10ClF3N2O2/c16-11-6-10(13(22)12(7-11)15(17,18)19)8-20-21-14(23)9-4-2-1-3-5-9/h1-8,22H,(H,21,23). The van der Waals surface area contributed by atoms with Crippen molar-refractivity contribution in [2.24, 2.45) is 5.10 Å². The lowest BCUT2D eigenvalue weighted by Gasteiger charge is -2.11. The van der Waals surface area contributed by atoms with Crippen LogP contribution in [-0.2, 0) is 6.18 Å². The Labute approximate surface area is 134 Å². The van der Waals surface area contributed by atoms with Gasteiger partial charge >= 0.3 is 6.18 Å². The summed E-state index contributed by atoms with van der Waals surface area (Å²) in [6, 6.07) is 9.82. The molecule has 0 unspecified atom stereocenters. The second-order valence-electron chi connectivity index (χ2n) is 4.45. The Morgan fingerprint density at radius 1 is 1.22 bits per heavy atom. The van der Waals surface area contributed by atoms with Crippen molar-refractivity contribution in [3.63, 3.8) is 0 Å². The van der Waals surface area contributed by atoms with Crippen molar-refractivity contribution in [2.45, 2.75) is 6.18 Å². The Kier molecular flexibility index (Phi) is 4.90. The van der Waals surface area contributed by atoms with Gasteiger partial charge in [0.2, 0.25) is 0 Å². The summed E-state index contributed by atoms with van der Waals surface area (Å²) in [5.41, 5.74) is 0.934. The minimum absolute atomic E-state index is 0.217. The van der Waals surface area contributed by atoms with Gasteiger partial charge in [0.05, 0.1) is 11.8 Å². The summed E-state index contributed by atoms with van der Waals surface area (Å²) in [6.07, 6.45) is -3.87. The van der Waals surface area contributed by atoms with E-state index in [-0.39, 0.29) is 10.6 Å². The van der Waals surface area contributed by atoms with Crippen LogP contribution < -0.4 is 5.43 Å². The maximum Gasteiger partial charge on any atom is 0.420 e. The summed E-state index contributed by atoms with van der Waals surface area (Å²) in [6.45, 7) is 0. The van der Waals surface area contributed by atoms with Gasteiger partial charge in [-0.2, -0.15) is 18.3 Å². The van der Waals surface area contributed by atoms with Gasteiger partial charge < -0.3 is 5.11 Å². The predicted molar refractivity (Wildman–Crippen MR) is 79.6 cm³/mol. The van der Waals surface area contributed by atoms with Crippen molar-refractivity contribution in [3.8, 4) is 5.75 Å². The molecular weight excluding hydrogens is 333 g/mol. The Morgan fingerprint density at radius 3 is 2.48 bits per heavy atom. The van der Waals surface area contributed by atoms with Crippen LogP contribution in [0.1, 0.15) is 21.5 Å². The molecule has 0 heterocycles. The van der Waals surface area contributed by atoms with Gasteiger partial charge in [0, 0.05) is 16.1 Å². The molecule has 23 heavy (non-hydrogen) atoms. The molecule has 2 aromatic rings. The van der Waals surface area contributed by atoms with Crippen LogP contribution in [0.25, 0.3) is 0 Å². The summed E-state index contributed by atoms with van der Waals surface area (Å²) in [5, 5.41) is 13.0. The molecular formula is C15H10ClF3N2O2. The fraction of sp³-hybridized carbons (Fsp3) is 0.0667. The number of rotatable bonds is 3. The zero-order valence-corrected chi connectivity index (χ0v) is 12.2. The maximum atomic E-state index is 12.7. The highest BCUT2D eigenvalue weighted by Gasteiger charge is 2.35. The molecule has 8 heteroatoms. The predicted octanol–water partition coefficient (Wildman–Crippen LogP) is 3.83. The highest BCUT2D eigenvalue weighted by molar-refractivity contribution is 6.31. The summed E-state index contributed by atoms with van der Waals surface area (Å²) in [7, 11) is 0. The van der Waals surface area contributed by atoms with E-state index in [0.717, 1.165) is 12.3 Å². The van der Waals surface area contributed by atoms with E-state index in [1.54, 1.807) is 30.3 Å². The van der Waals surface area contributed by atoms with E-state index in [2.05, 4.69) is 10.5 Å². The highest BCUT2D eigenvalue weighted by Crippen LogP contribution is 2.38. The average Bonchev–Trinajstić information content (AvgIpc) is 2.50. The number of hydrazone groups is 1.